The highest BCUT2D eigenvalue weighted by Gasteiger charge is 2.33. The highest BCUT2D eigenvalue weighted by atomic mass is 15.1. The Morgan fingerprint density at radius 2 is 2.11 bits per heavy atom. The molecule has 1 aliphatic rings. The zero-order valence-corrected chi connectivity index (χ0v) is 11.4. The Hall–Kier alpha value is -1.77. The number of nitrogens with one attached hydrogen (secondary N) is 1. The van der Waals surface area contributed by atoms with Crippen LogP contribution in [0.1, 0.15) is 25.1 Å². The molecule has 2 heterocycles. The van der Waals surface area contributed by atoms with E-state index in [1.165, 1.54) is 11.3 Å². The monoisotopic (exact) mass is 241 g/mol. The summed E-state index contributed by atoms with van der Waals surface area (Å²) in [6.07, 6.45) is 1.87. The van der Waals surface area contributed by atoms with Crippen molar-refractivity contribution in [2.75, 3.05) is 18.5 Å². The second-order valence-corrected chi connectivity index (χ2v) is 5.89. The number of aromatic amines is 1. The molecule has 0 fully saturated rings. The molecule has 0 bridgehead atoms. The van der Waals surface area contributed by atoms with Crippen LogP contribution in [-0.4, -0.2) is 23.6 Å². The molecule has 2 aromatic rings. The highest BCUT2D eigenvalue weighted by Crippen LogP contribution is 2.41. The first kappa shape index (κ1) is 11.3. The summed E-state index contributed by atoms with van der Waals surface area (Å²) in [7, 11) is 2.16. The molecule has 0 amide bonds. The van der Waals surface area contributed by atoms with Gasteiger partial charge in [0.05, 0.1) is 0 Å². The van der Waals surface area contributed by atoms with Gasteiger partial charge in [-0.2, -0.15) is 0 Å². The van der Waals surface area contributed by atoms with Crippen LogP contribution in [0.2, 0.25) is 0 Å². The molecule has 0 saturated heterocycles. The summed E-state index contributed by atoms with van der Waals surface area (Å²) in [4.78, 5) is 10.0. The van der Waals surface area contributed by atoms with Crippen molar-refractivity contribution in [3.8, 4) is 11.4 Å². The van der Waals surface area contributed by atoms with Crippen molar-refractivity contribution in [3.05, 3.63) is 35.7 Å². The number of hydrogen-bond donors (Lipinski definition) is 1. The van der Waals surface area contributed by atoms with Crippen LogP contribution in [0.25, 0.3) is 11.4 Å². The molecule has 0 spiro atoms. The number of likely N-dealkylation sites (N-methyl/N-ethyl adjacent to an activating group) is 1. The molecule has 0 aliphatic carbocycles. The van der Waals surface area contributed by atoms with Gasteiger partial charge in [-0.05, 0) is 18.6 Å². The van der Waals surface area contributed by atoms with E-state index in [1.807, 2.05) is 13.1 Å². The van der Waals surface area contributed by atoms with Gasteiger partial charge in [-0.3, -0.25) is 0 Å². The number of fused-ring (bicyclic) bond motifs is 1. The first-order valence-electron chi connectivity index (χ1n) is 6.35. The van der Waals surface area contributed by atoms with Crippen LogP contribution in [0.5, 0.6) is 0 Å². The van der Waals surface area contributed by atoms with Gasteiger partial charge in [0.25, 0.3) is 0 Å². The lowest BCUT2D eigenvalue weighted by Crippen LogP contribution is -2.24. The largest absolute Gasteiger partial charge is 0.373 e. The van der Waals surface area contributed by atoms with E-state index in [9.17, 15) is 0 Å². The fraction of sp³-hybridized carbons (Fsp3) is 0.400. The molecular weight excluding hydrogens is 222 g/mol. The van der Waals surface area contributed by atoms with Gasteiger partial charge in [0.1, 0.15) is 5.82 Å². The molecule has 18 heavy (non-hydrogen) atoms. The Labute approximate surface area is 108 Å². The maximum Gasteiger partial charge on any atom is 0.137 e. The molecule has 0 atom stereocenters. The number of aryl methyl sites for hydroxylation is 1. The highest BCUT2D eigenvalue weighted by molar-refractivity contribution is 5.70. The van der Waals surface area contributed by atoms with Crippen LogP contribution in [0.15, 0.2) is 24.4 Å². The number of aromatic nitrogens is 2. The third kappa shape index (κ3) is 1.62. The van der Waals surface area contributed by atoms with E-state index in [0.29, 0.717) is 0 Å². The average molecular weight is 241 g/mol. The van der Waals surface area contributed by atoms with Gasteiger partial charge in [-0.15, -0.1) is 0 Å². The van der Waals surface area contributed by atoms with Crippen molar-refractivity contribution < 1.29 is 0 Å². The van der Waals surface area contributed by atoms with E-state index in [-0.39, 0.29) is 5.41 Å². The SMILES string of the molecule is Cc1cnc(-c2ccc3c(c2)N(C)CC3(C)C)[nH]1. The van der Waals surface area contributed by atoms with Gasteiger partial charge in [-0.1, -0.05) is 26.0 Å². The van der Waals surface area contributed by atoms with E-state index in [4.69, 9.17) is 0 Å². The molecule has 0 unspecified atom stereocenters. The van der Waals surface area contributed by atoms with Crippen molar-refractivity contribution in [3.63, 3.8) is 0 Å². The molecule has 0 radical (unpaired) electrons. The standard InChI is InChI=1S/C15H19N3/c1-10-8-16-14(17-10)11-5-6-12-13(7-11)18(4)9-15(12,2)3/h5-8H,9H2,1-4H3,(H,16,17). The molecule has 0 saturated carbocycles. The van der Waals surface area contributed by atoms with Gasteiger partial charge in [0, 0.05) is 42.1 Å². The minimum Gasteiger partial charge on any atom is -0.373 e. The van der Waals surface area contributed by atoms with Crippen molar-refractivity contribution in [1.29, 1.82) is 0 Å². The normalized spacial score (nSPS) is 17.0. The summed E-state index contributed by atoms with van der Waals surface area (Å²) in [6.45, 7) is 7.69. The Morgan fingerprint density at radius 3 is 2.78 bits per heavy atom. The van der Waals surface area contributed by atoms with Crippen LogP contribution >= 0.6 is 0 Å². The van der Waals surface area contributed by atoms with E-state index in [2.05, 4.69) is 54.0 Å². The summed E-state index contributed by atoms with van der Waals surface area (Å²) < 4.78 is 0. The molecule has 1 N–H and O–H groups in total. The summed E-state index contributed by atoms with van der Waals surface area (Å²) in [5.41, 5.74) is 5.25. The number of benzene rings is 1. The van der Waals surface area contributed by atoms with Crippen LogP contribution in [0, 0.1) is 6.92 Å². The fourth-order valence-electron chi connectivity index (χ4n) is 2.89. The molecule has 94 valence electrons. The maximum atomic E-state index is 4.40. The van der Waals surface area contributed by atoms with Crippen LogP contribution in [0.3, 0.4) is 0 Å². The minimum atomic E-state index is 0.238. The lowest BCUT2D eigenvalue weighted by molar-refractivity contribution is 0.563. The molecule has 1 aromatic heterocycles. The van der Waals surface area contributed by atoms with Gasteiger partial charge >= 0.3 is 0 Å². The average Bonchev–Trinajstić information content (AvgIpc) is 2.82. The van der Waals surface area contributed by atoms with E-state index >= 15 is 0 Å². The number of H-pyrrole nitrogens is 1. The zero-order valence-electron chi connectivity index (χ0n) is 11.4. The third-order valence-electron chi connectivity index (χ3n) is 3.75. The Kier molecular flexibility index (Phi) is 2.27. The lowest BCUT2D eigenvalue weighted by atomic mass is 9.86. The molecule has 1 aromatic carbocycles. The summed E-state index contributed by atoms with van der Waals surface area (Å²) in [6, 6.07) is 6.65. The summed E-state index contributed by atoms with van der Waals surface area (Å²) in [5, 5.41) is 0. The Bertz CT molecular complexity index is 596. The van der Waals surface area contributed by atoms with Crippen LogP contribution in [0.4, 0.5) is 5.69 Å². The second-order valence-electron chi connectivity index (χ2n) is 5.89. The lowest BCUT2D eigenvalue weighted by Gasteiger charge is -2.18. The smallest absolute Gasteiger partial charge is 0.137 e. The topological polar surface area (TPSA) is 31.9 Å². The van der Waals surface area contributed by atoms with Crippen LogP contribution in [-0.2, 0) is 5.41 Å². The van der Waals surface area contributed by atoms with E-state index in [1.54, 1.807) is 0 Å². The van der Waals surface area contributed by atoms with Crippen molar-refractivity contribution in [1.82, 2.24) is 9.97 Å². The molecular formula is C15H19N3. The van der Waals surface area contributed by atoms with Crippen molar-refractivity contribution in [2.24, 2.45) is 0 Å². The van der Waals surface area contributed by atoms with Gasteiger partial charge in [0.2, 0.25) is 0 Å². The summed E-state index contributed by atoms with van der Waals surface area (Å²) >= 11 is 0. The minimum absolute atomic E-state index is 0.238. The zero-order chi connectivity index (χ0) is 12.9. The third-order valence-corrected chi connectivity index (χ3v) is 3.75. The first-order chi connectivity index (χ1) is 8.47. The first-order valence-corrected chi connectivity index (χ1v) is 6.35. The predicted octanol–water partition coefficient (Wildman–Crippen LogP) is 3.11. The number of imidazole rings is 1. The number of nitrogens with zero attached hydrogens (tertiary/aromatic N) is 2. The van der Waals surface area contributed by atoms with Crippen molar-refractivity contribution >= 4 is 5.69 Å². The Morgan fingerprint density at radius 1 is 1.33 bits per heavy atom. The Balaban J connectivity index is 2.10. The molecule has 1 aliphatic heterocycles. The number of rotatable bonds is 1. The quantitative estimate of drug-likeness (QED) is 0.832. The van der Waals surface area contributed by atoms with Crippen LogP contribution < -0.4 is 4.90 Å². The number of anilines is 1. The maximum absolute atomic E-state index is 4.40. The fourth-order valence-corrected chi connectivity index (χ4v) is 2.89. The molecule has 3 heteroatoms. The van der Waals surface area contributed by atoms with Crippen molar-refractivity contribution in [2.45, 2.75) is 26.2 Å². The summed E-state index contributed by atoms with van der Waals surface area (Å²) in [5.74, 6) is 0.952. The second kappa shape index (κ2) is 3.61. The molecule has 3 nitrogen and oxygen atoms in total. The van der Waals surface area contributed by atoms with Gasteiger partial charge < -0.3 is 9.88 Å². The number of hydrogen-bond acceptors (Lipinski definition) is 2. The van der Waals surface area contributed by atoms with E-state index < -0.39 is 0 Å². The van der Waals surface area contributed by atoms with Gasteiger partial charge in [0.15, 0.2) is 0 Å². The predicted molar refractivity (Wildman–Crippen MR) is 75.1 cm³/mol. The van der Waals surface area contributed by atoms with E-state index in [0.717, 1.165) is 23.6 Å². The molecule has 3 rings (SSSR count). The van der Waals surface area contributed by atoms with Gasteiger partial charge in [-0.25, -0.2) is 4.98 Å².